The van der Waals surface area contributed by atoms with Crippen molar-refractivity contribution in [2.24, 2.45) is 5.10 Å². The Labute approximate surface area is 161 Å². The summed E-state index contributed by atoms with van der Waals surface area (Å²) in [7, 11) is 1.58. The molecule has 27 heavy (non-hydrogen) atoms. The van der Waals surface area contributed by atoms with Crippen molar-refractivity contribution in [3.8, 4) is 5.75 Å². The lowest BCUT2D eigenvalue weighted by Gasteiger charge is -2.12. The van der Waals surface area contributed by atoms with E-state index in [1.54, 1.807) is 19.2 Å². The molecule has 0 saturated heterocycles. The first-order valence-corrected chi connectivity index (χ1v) is 9.73. The average Bonchev–Trinajstić information content (AvgIpc) is 3.05. The SMILES string of the molecule is COc1cccc(NC(=O)CSc2nnc(NN=C3CCCCC3)n2N)c1. The molecule has 9 nitrogen and oxygen atoms in total. The van der Waals surface area contributed by atoms with E-state index < -0.39 is 0 Å². The fourth-order valence-corrected chi connectivity index (χ4v) is 3.34. The van der Waals surface area contributed by atoms with Crippen molar-refractivity contribution in [3.05, 3.63) is 24.3 Å². The van der Waals surface area contributed by atoms with Crippen LogP contribution in [0, 0.1) is 0 Å². The molecule has 1 aromatic heterocycles. The molecule has 0 unspecified atom stereocenters. The van der Waals surface area contributed by atoms with Crippen LogP contribution in [0.2, 0.25) is 0 Å². The highest BCUT2D eigenvalue weighted by Crippen LogP contribution is 2.20. The summed E-state index contributed by atoms with van der Waals surface area (Å²) in [4.78, 5) is 12.1. The molecule has 0 spiro atoms. The van der Waals surface area contributed by atoms with Gasteiger partial charge in [-0.15, -0.1) is 10.2 Å². The van der Waals surface area contributed by atoms with Gasteiger partial charge in [0.2, 0.25) is 11.1 Å². The minimum atomic E-state index is -0.173. The maximum absolute atomic E-state index is 12.1. The molecule has 1 fully saturated rings. The summed E-state index contributed by atoms with van der Waals surface area (Å²) in [6.07, 6.45) is 5.58. The minimum Gasteiger partial charge on any atom is -0.497 e. The van der Waals surface area contributed by atoms with Crippen LogP contribution >= 0.6 is 11.8 Å². The lowest BCUT2D eigenvalue weighted by atomic mass is 9.99. The van der Waals surface area contributed by atoms with E-state index in [0.29, 0.717) is 22.5 Å². The molecule has 0 aliphatic heterocycles. The van der Waals surface area contributed by atoms with Gasteiger partial charge in [-0.3, -0.25) is 4.79 Å². The van der Waals surface area contributed by atoms with Gasteiger partial charge in [0.05, 0.1) is 12.9 Å². The first-order valence-electron chi connectivity index (χ1n) is 8.74. The third kappa shape index (κ3) is 5.36. The number of ether oxygens (including phenoxy) is 1. The number of hydrogen-bond donors (Lipinski definition) is 3. The van der Waals surface area contributed by atoms with Crippen LogP contribution in [0.25, 0.3) is 0 Å². The molecule has 1 amide bonds. The predicted molar refractivity (Wildman–Crippen MR) is 107 cm³/mol. The Morgan fingerprint density at radius 3 is 2.93 bits per heavy atom. The number of benzene rings is 1. The number of carbonyl (C=O) groups is 1. The number of thioether (sulfide) groups is 1. The Bertz CT molecular complexity index is 813. The zero-order valence-corrected chi connectivity index (χ0v) is 16.0. The van der Waals surface area contributed by atoms with E-state index in [0.717, 1.165) is 18.6 Å². The Morgan fingerprint density at radius 2 is 2.15 bits per heavy atom. The van der Waals surface area contributed by atoms with Gasteiger partial charge in [0.1, 0.15) is 5.75 Å². The summed E-state index contributed by atoms with van der Waals surface area (Å²) < 4.78 is 6.44. The second kappa shape index (κ2) is 9.26. The van der Waals surface area contributed by atoms with Gasteiger partial charge < -0.3 is 15.9 Å². The third-order valence-corrected chi connectivity index (χ3v) is 5.04. The molecule has 0 bridgehead atoms. The molecule has 0 radical (unpaired) electrons. The smallest absolute Gasteiger partial charge is 0.264 e. The zero-order chi connectivity index (χ0) is 19.1. The molecule has 144 valence electrons. The number of carbonyl (C=O) groups excluding carboxylic acids is 1. The fourth-order valence-electron chi connectivity index (χ4n) is 2.68. The van der Waals surface area contributed by atoms with Crippen molar-refractivity contribution in [1.29, 1.82) is 0 Å². The number of nitrogens with zero attached hydrogens (tertiary/aromatic N) is 4. The maximum Gasteiger partial charge on any atom is 0.264 e. The highest BCUT2D eigenvalue weighted by molar-refractivity contribution is 7.99. The number of aromatic nitrogens is 3. The van der Waals surface area contributed by atoms with Gasteiger partial charge in [0.15, 0.2) is 0 Å². The summed E-state index contributed by atoms with van der Waals surface area (Å²) in [6, 6.07) is 7.17. The van der Waals surface area contributed by atoms with E-state index in [-0.39, 0.29) is 11.7 Å². The number of hydrazone groups is 1. The first kappa shape index (κ1) is 19.0. The molecule has 4 N–H and O–H groups in total. The zero-order valence-electron chi connectivity index (χ0n) is 15.1. The predicted octanol–water partition coefficient (Wildman–Crippen LogP) is 2.46. The van der Waals surface area contributed by atoms with Crippen molar-refractivity contribution in [3.63, 3.8) is 0 Å². The van der Waals surface area contributed by atoms with Crippen LogP contribution in [0.1, 0.15) is 32.1 Å². The number of nitrogens with two attached hydrogens (primary N) is 1. The fraction of sp³-hybridized carbons (Fsp3) is 0.412. The van der Waals surface area contributed by atoms with Crippen molar-refractivity contribution in [1.82, 2.24) is 14.9 Å². The molecule has 1 heterocycles. The summed E-state index contributed by atoms with van der Waals surface area (Å²) in [5.74, 6) is 7.00. The van der Waals surface area contributed by atoms with Crippen molar-refractivity contribution >= 4 is 35.0 Å². The standard InChI is InChI=1S/C17H23N7O2S/c1-26-14-9-5-8-13(10-14)19-15(25)11-27-17-23-22-16(24(17)18)21-20-12-6-3-2-4-7-12/h5,8-10H,2-4,6-7,11,18H2,1H3,(H,19,25)(H,21,22). The molecular formula is C17H23N7O2S. The molecule has 1 aromatic carbocycles. The first-order chi connectivity index (χ1) is 13.2. The van der Waals surface area contributed by atoms with E-state index in [4.69, 9.17) is 10.6 Å². The topological polar surface area (TPSA) is 119 Å². The molecular weight excluding hydrogens is 366 g/mol. The lowest BCUT2D eigenvalue weighted by molar-refractivity contribution is -0.113. The van der Waals surface area contributed by atoms with Gasteiger partial charge in [-0.1, -0.05) is 24.2 Å². The van der Waals surface area contributed by atoms with Gasteiger partial charge >= 0.3 is 0 Å². The molecule has 10 heteroatoms. The highest BCUT2D eigenvalue weighted by atomic mass is 32.2. The number of amides is 1. The number of hydrogen-bond acceptors (Lipinski definition) is 8. The normalized spacial score (nSPS) is 13.9. The van der Waals surface area contributed by atoms with Crippen LogP contribution in [0.4, 0.5) is 11.6 Å². The molecule has 1 aliphatic carbocycles. The Balaban J connectivity index is 1.52. The van der Waals surface area contributed by atoms with Crippen molar-refractivity contribution in [2.45, 2.75) is 37.3 Å². The van der Waals surface area contributed by atoms with E-state index in [2.05, 4.69) is 26.0 Å². The van der Waals surface area contributed by atoms with Crippen LogP contribution in [-0.4, -0.2) is 39.4 Å². The molecule has 1 saturated carbocycles. The lowest BCUT2D eigenvalue weighted by Crippen LogP contribution is -2.17. The maximum atomic E-state index is 12.1. The minimum absolute atomic E-state index is 0.154. The summed E-state index contributed by atoms with van der Waals surface area (Å²) in [6.45, 7) is 0. The van der Waals surface area contributed by atoms with E-state index in [9.17, 15) is 4.79 Å². The molecule has 3 rings (SSSR count). The number of rotatable bonds is 7. The van der Waals surface area contributed by atoms with Crippen LogP contribution in [0.5, 0.6) is 5.75 Å². The van der Waals surface area contributed by atoms with Gasteiger partial charge in [-0.25, -0.2) is 10.1 Å². The Hall–Kier alpha value is -2.75. The second-order valence-corrected chi connectivity index (χ2v) is 7.04. The van der Waals surface area contributed by atoms with Crippen molar-refractivity contribution in [2.75, 3.05) is 29.4 Å². The van der Waals surface area contributed by atoms with Gasteiger partial charge in [-0.2, -0.15) is 5.10 Å². The molecule has 1 aliphatic rings. The second-order valence-electron chi connectivity index (χ2n) is 6.10. The highest BCUT2D eigenvalue weighted by Gasteiger charge is 2.13. The average molecular weight is 389 g/mol. The number of nitrogens with one attached hydrogen (secondary N) is 2. The van der Waals surface area contributed by atoms with Gasteiger partial charge in [-0.05, 0) is 37.8 Å². The third-order valence-electron chi connectivity index (χ3n) is 4.10. The Morgan fingerprint density at radius 1 is 1.33 bits per heavy atom. The number of nitrogen functional groups attached to an aromatic ring is 1. The van der Waals surface area contributed by atoms with Crippen LogP contribution < -0.4 is 21.3 Å². The van der Waals surface area contributed by atoms with E-state index in [1.807, 2.05) is 12.1 Å². The van der Waals surface area contributed by atoms with Crippen LogP contribution in [-0.2, 0) is 4.79 Å². The van der Waals surface area contributed by atoms with Gasteiger partial charge in [0.25, 0.3) is 5.95 Å². The Kier molecular flexibility index (Phi) is 6.53. The van der Waals surface area contributed by atoms with Crippen LogP contribution in [0.3, 0.4) is 0 Å². The van der Waals surface area contributed by atoms with E-state index >= 15 is 0 Å². The quantitative estimate of drug-likeness (QED) is 0.378. The summed E-state index contributed by atoms with van der Waals surface area (Å²) in [5, 5.41) is 15.6. The number of anilines is 2. The largest absolute Gasteiger partial charge is 0.497 e. The summed E-state index contributed by atoms with van der Waals surface area (Å²) in [5.41, 5.74) is 4.66. The van der Waals surface area contributed by atoms with Crippen molar-refractivity contribution < 1.29 is 9.53 Å². The monoisotopic (exact) mass is 389 g/mol. The van der Waals surface area contributed by atoms with Crippen LogP contribution in [0.15, 0.2) is 34.5 Å². The van der Waals surface area contributed by atoms with E-state index in [1.165, 1.54) is 35.7 Å². The molecule has 0 atom stereocenters. The number of methoxy groups -OCH3 is 1. The van der Waals surface area contributed by atoms with Gasteiger partial charge in [0, 0.05) is 17.5 Å². The summed E-state index contributed by atoms with van der Waals surface area (Å²) >= 11 is 1.20. The molecule has 2 aromatic rings.